The van der Waals surface area contributed by atoms with Gasteiger partial charge in [0.05, 0.1) is 48.1 Å². The smallest absolute Gasteiger partial charge is 0.346 e. The second kappa shape index (κ2) is 10.9. The topological polar surface area (TPSA) is 82.1 Å². The van der Waals surface area contributed by atoms with E-state index in [0.29, 0.717) is 37.2 Å². The Kier molecular flexibility index (Phi) is 8.01. The van der Waals surface area contributed by atoms with Crippen LogP contribution in [-0.4, -0.2) is 49.6 Å². The monoisotopic (exact) mass is 573 g/mol. The van der Waals surface area contributed by atoms with E-state index in [1.165, 1.54) is 33.5 Å². The fourth-order valence-electron chi connectivity index (χ4n) is 4.23. The number of carbonyl (C=O) groups excluding carboxylic acids is 3. The Balaban J connectivity index is 1.86. The molecule has 0 atom stereocenters. The number of hydrogen-bond acceptors (Lipinski definition) is 9. The molecule has 2 aliphatic heterocycles. The zero-order valence-corrected chi connectivity index (χ0v) is 23.7. The van der Waals surface area contributed by atoms with Crippen molar-refractivity contribution in [3.8, 4) is 5.75 Å². The van der Waals surface area contributed by atoms with Gasteiger partial charge in [0, 0.05) is 11.1 Å². The van der Waals surface area contributed by atoms with Gasteiger partial charge in [-0.3, -0.25) is 4.79 Å². The van der Waals surface area contributed by atoms with Crippen molar-refractivity contribution in [2.45, 2.75) is 25.8 Å². The maximum atomic E-state index is 13.7. The molecule has 7 nitrogen and oxygen atoms in total. The predicted octanol–water partition coefficient (Wildman–Crippen LogP) is 5.28. The minimum atomic E-state index is -0.961. The molecule has 0 radical (unpaired) electrons. The molecular formula is C27H24FNO6S3. The number of rotatable bonds is 5. The number of benzene rings is 2. The van der Waals surface area contributed by atoms with Crippen LogP contribution in [0.4, 0.5) is 10.1 Å². The average Bonchev–Trinajstić information content (AvgIpc) is 3.34. The van der Waals surface area contributed by atoms with Gasteiger partial charge in [0.1, 0.15) is 21.4 Å². The quantitative estimate of drug-likeness (QED) is 0.270. The molecule has 1 amide bonds. The predicted molar refractivity (Wildman–Crippen MR) is 150 cm³/mol. The molecule has 0 saturated heterocycles. The molecule has 0 spiro atoms. The van der Waals surface area contributed by atoms with E-state index in [0.717, 1.165) is 23.5 Å². The standard InChI is InChI=1S/C27H24FNO6S3/c1-27(2)23(36)20(26-37-21(24(31)34-4)22(38-26)25(32)35-5)17-13-16(33-3)10-11-18(17)29(27)19(30)12-14-6-8-15(28)9-7-14/h6-11,13H,12H2,1-5H3. The summed E-state index contributed by atoms with van der Waals surface area (Å²) >= 11 is 8.13. The Labute approximate surface area is 233 Å². The van der Waals surface area contributed by atoms with Crippen LogP contribution in [0.25, 0.3) is 5.57 Å². The molecule has 0 aliphatic carbocycles. The van der Waals surface area contributed by atoms with Gasteiger partial charge >= 0.3 is 11.9 Å². The number of fused-ring (bicyclic) bond motifs is 1. The number of ether oxygens (including phenoxy) is 3. The van der Waals surface area contributed by atoms with Crippen LogP contribution in [0.1, 0.15) is 25.0 Å². The van der Waals surface area contributed by atoms with Gasteiger partial charge in [-0.25, -0.2) is 14.0 Å². The fraction of sp³-hybridized carbons (Fsp3) is 0.259. The molecule has 4 rings (SSSR count). The fourth-order valence-corrected chi connectivity index (χ4v) is 7.26. The molecule has 11 heteroatoms. The Hall–Kier alpha value is -3.15. The number of esters is 2. The molecule has 0 aromatic heterocycles. The summed E-state index contributed by atoms with van der Waals surface area (Å²) in [4.78, 5) is 41.0. The molecule has 2 heterocycles. The van der Waals surface area contributed by atoms with E-state index in [2.05, 4.69) is 0 Å². The zero-order valence-electron chi connectivity index (χ0n) is 21.2. The Morgan fingerprint density at radius 1 is 0.947 bits per heavy atom. The normalized spacial score (nSPS) is 16.4. The first-order valence-electron chi connectivity index (χ1n) is 11.3. The Bertz CT molecular complexity index is 1380. The van der Waals surface area contributed by atoms with E-state index in [1.54, 1.807) is 35.2 Å². The minimum Gasteiger partial charge on any atom is -0.497 e. The van der Waals surface area contributed by atoms with Crippen molar-refractivity contribution >= 4 is 69.7 Å². The molecular weight excluding hydrogens is 549 g/mol. The molecule has 0 fully saturated rings. The first-order valence-corrected chi connectivity index (χ1v) is 13.4. The summed E-state index contributed by atoms with van der Waals surface area (Å²) in [6.45, 7) is 3.68. The third-order valence-corrected chi connectivity index (χ3v) is 9.38. The molecule has 0 N–H and O–H groups in total. The second-order valence-electron chi connectivity index (χ2n) is 8.81. The van der Waals surface area contributed by atoms with E-state index in [9.17, 15) is 18.8 Å². The largest absolute Gasteiger partial charge is 0.497 e. The molecule has 198 valence electrons. The van der Waals surface area contributed by atoms with E-state index in [1.807, 2.05) is 13.8 Å². The Morgan fingerprint density at radius 2 is 1.53 bits per heavy atom. The number of nitrogens with zero attached hydrogens (tertiary/aromatic N) is 1. The summed E-state index contributed by atoms with van der Waals surface area (Å²) in [6, 6.07) is 11.1. The van der Waals surface area contributed by atoms with Crippen molar-refractivity contribution in [3.63, 3.8) is 0 Å². The van der Waals surface area contributed by atoms with Crippen molar-refractivity contribution in [2.24, 2.45) is 0 Å². The zero-order chi connectivity index (χ0) is 27.8. The molecule has 2 aromatic carbocycles. The van der Waals surface area contributed by atoms with Crippen LogP contribution in [0.2, 0.25) is 0 Å². The highest BCUT2D eigenvalue weighted by Gasteiger charge is 2.46. The number of anilines is 1. The lowest BCUT2D eigenvalue weighted by molar-refractivity contribution is -0.138. The number of carbonyl (C=O) groups is 3. The van der Waals surface area contributed by atoms with E-state index in [-0.39, 0.29) is 28.0 Å². The van der Waals surface area contributed by atoms with E-state index >= 15 is 0 Å². The van der Waals surface area contributed by atoms with Crippen molar-refractivity contribution in [2.75, 3.05) is 26.2 Å². The summed E-state index contributed by atoms with van der Waals surface area (Å²) < 4.78 is 29.2. The van der Waals surface area contributed by atoms with E-state index < -0.39 is 17.5 Å². The lowest BCUT2D eigenvalue weighted by Gasteiger charge is -2.45. The number of thiocarbonyl (C=S) groups is 1. The van der Waals surface area contributed by atoms with Gasteiger partial charge in [0.25, 0.3) is 0 Å². The van der Waals surface area contributed by atoms with Gasteiger partial charge in [-0.15, -0.1) is 0 Å². The molecule has 38 heavy (non-hydrogen) atoms. The number of hydrogen-bond donors (Lipinski definition) is 0. The summed E-state index contributed by atoms with van der Waals surface area (Å²) in [5.41, 5.74) is 1.52. The lowest BCUT2D eigenvalue weighted by atomic mass is 9.83. The molecule has 0 saturated carbocycles. The third kappa shape index (κ3) is 4.97. The Morgan fingerprint density at radius 3 is 2.05 bits per heavy atom. The van der Waals surface area contributed by atoms with Crippen LogP contribution in [0, 0.1) is 5.82 Å². The highest BCUT2D eigenvalue weighted by Crippen LogP contribution is 2.56. The number of amides is 1. The number of thioether (sulfide) groups is 2. The minimum absolute atomic E-state index is 0.0354. The van der Waals surface area contributed by atoms with E-state index in [4.69, 9.17) is 26.4 Å². The number of halogens is 1. The van der Waals surface area contributed by atoms with Gasteiger partial charge < -0.3 is 19.1 Å². The maximum Gasteiger partial charge on any atom is 0.346 e. The summed E-state index contributed by atoms with van der Waals surface area (Å²) in [5, 5.41) is 0. The summed E-state index contributed by atoms with van der Waals surface area (Å²) in [7, 11) is 4.00. The van der Waals surface area contributed by atoms with Crippen molar-refractivity contribution < 1.29 is 33.0 Å². The van der Waals surface area contributed by atoms with Crippen LogP contribution in [0.15, 0.2) is 56.5 Å². The van der Waals surface area contributed by atoms with Crippen LogP contribution in [0.3, 0.4) is 0 Å². The van der Waals surface area contributed by atoms with Crippen molar-refractivity contribution in [3.05, 3.63) is 73.5 Å². The second-order valence-corrected chi connectivity index (χ2v) is 11.5. The van der Waals surface area contributed by atoms with Crippen molar-refractivity contribution in [1.82, 2.24) is 0 Å². The molecule has 2 aliphatic rings. The first kappa shape index (κ1) is 27.9. The molecule has 0 unspecified atom stereocenters. The summed E-state index contributed by atoms with van der Waals surface area (Å²) in [5.74, 6) is -1.40. The van der Waals surface area contributed by atoms with Gasteiger partial charge in [0.15, 0.2) is 0 Å². The third-order valence-electron chi connectivity index (χ3n) is 6.12. The van der Waals surface area contributed by atoms with Crippen LogP contribution >= 0.6 is 35.7 Å². The van der Waals surface area contributed by atoms with Gasteiger partial charge in [-0.05, 0) is 49.7 Å². The van der Waals surface area contributed by atoms with Gasteiger partial charge in [-0.2, -0.15) is 0 Å². The van der Waals surface area contributed by atoms with Crippen LogP contribution in [-0.2, 0) is 30.3 Å². The average molecular weight is 574 g/mol. The van der Waals surface area contributed by atoms with Gasteiger partial charge in [0.2, 0.25) is 5.91 Å². The van der Waals surface area contributed by atoms with Crippen molar-refractivity contribution in [1.29, 1.82) is 0 Å². The first-order chi connectivity index (χ1) is 18.0. The SMILES string of the molecule is COC(=O)C1=C(C(=O)OC)SC(=C2C(=S)C(C)(C)N(C(=O)Cc3ccc(F)cc3)c3ccc(OC)cc32)S1. The summed E-state index contributed by atoms with van der Waals surface area (Å²) in [6.07, 6.45) is 0.0354. The maximum absolute atomic E-state index is 13.7. The lowest BCUT2D eigenvalue weighted by Crippen LogP contribution is -2.56. The van der Waals surface area contributed by atoms with Crippen LogP contribution < -0.4 is 9.64 Å². The highest BCUT2D eigenvalue weighted by molar-refractivity contribution is 8.29. The van der Waals surface area contributed by atoms with Gasteiger partial charge in [-0.1, -0.05) is 47.9 Å². The van der Waals surface area contributed by atoms with Crippen LogP contribution in [0.5, 0.6) is 5.75 Å². The highest BCUT2D eigenvalue weighted by atomic mass is 32.2. The molecule has 0 bridgehead atoms. The molecule has 2 aromatic rings. The number of methoxy groups -OCH3 is 3.